The number of benzene rings is 3. The summed E-state index contributed by atoms with van der Waals surface area (Å²) in [4.78, 5) is 25.0. The summed E-state index contributed by atoms with van der Waals surface area (Å²) in [5, 5.41) is 32.8. The molecule has 4 rings (SSSR count). The lowest BCUT2D eigenvalue weighted by Crippen LogP contribution is -2.22. The second kappa shape index (κ2) is 13.4. The molecule has 0 radical (unpaired) electrons. The Bertz CT molecular complexity index is 1470. The predicted molar refractivity (Wildman–Crippen MR) is 157 cm³/mol. The van der Waals surface area contributed by atoms with Crippen LogP contribution in [0.1, 0.15) is 55.1 Å². The van der Waals surface area contributed by atoms with Crippen LogP contribution in [-0.2, 0) is 11.3 Å². The molecule has 8 heteroatoms. The molecule has 0 saturated heterocycles. The number of hydrogen-bond donors (Lipinski definition) is 4. The van der Waals surface area contributed by atoms with Gasteiger partial charge >= 0.3 is 5.97 Å². The minimum atomic E-state index is -1.18. The fourth-order valence-corrected chi connectivity index (χ4v) is 5.20. The number of nitrogens with zero attached hydrogens (tertiary/aromatic N) is 1. The Kier molecular flexibility index (Phi) is 9.70. The summed E-state index contributed by atoms with van der Waals surface area (Å²) in [7, 11) is 0. The van der Waals surface area contributed by atoms with E-state index in [9.17, 15) is 24.2 Å². The number of carboxylic acids is 1. The largest absolute Gasteiger partial charge is 0.481 e. The van der Waals surface area contributed by atoms with E-state index in [2.05, 4.69) is 5.32 Å². The van der Waals surface area contributed by atoms with Crippen LogP contribution in [0.25, 0.3) is 22.4 Å². The molecule has 4 aromatic rings. The van der Waals surface area contributed by atoms with Gasteiger partial charge in [0, 0.05) is 23.5 Å². The molecule has 0 aliphatic carbocycles. The van der Waals surface area contributed by atoms with E-state index in [1.807, 2.05) is 79.1 Å². The van der Waals surface area contributed by atoms with E-state index in [0.29, 0.717) is 28.1 Å². The summed E-state index contributed by atoms with van der Waals surface area (Å²) >= 11 is 0. The van der Waals surface area contributed by atoms with Gasteiger partial charge in [-0.05, 0) is 66.3 Å². The molecule has 0 bridgehead atoms. The number of carboxylic acid groups (broad SMARTS) is 1. The molecule has 1 aromatic heterocycles. The first kappa shape index (κ1) is 29.7. The SMILES string of the molecule is CC(C)c1c(C(=O)Nc2ccccc2)[14c](-c2ccccc2)c(-c2ccc(F)cc2)n1CC[C@@H](O)C[C@@H](O)CC(=O)O. The van der Waals surface area contributed by atoms with Gasteiger partial charge in [0.1, 0.15) is 5.82 Å². The molecule has 3 aromatic carbocycles. The normalized spacial score (nSPS) is 12.7. The van der Waals surface area contributed by atoms with Gasteiger partial charge in [-0.1, -0.05) is 62.4 Å². The Hall–Kier alpha value is -4.27. The molecule has 0 fully saturated rings. The van der Waals surface area contributed by atoms with E-state index in [1.54, 1.807) is 12.1 Å². The van der Waals surface area contributed by atoms with E-state index in [0.717, 1.165) is 11.3 Å². The van der Waals surface area contributed by atoms with Crippen LogP contribution in [-0.4, -0.2) is 44.0 Å². The number of halogens is 1. The zero-order chi connectivity index (χ0) is 29.5. The van der Waals surface area contributed by atoms with Crippen molar-refractivity contribution in [1.29, 1.82) is 0 Å². The van der Waals surface area contributed by atoms with E-state index in [-0.39, 0.29) is 37.0 Å². The first-order chi connectivity index (χ1) is 19.7. The molecule has 41 heavy (non-hydrogen) atoms. The van der Waals surface area contributed by atoms with Crippen molar-refractivity contribution < 1.29 is 29.3 Å². The molecule has 0 saturated carbocycles. The monoisotopic (exact) mass is 560 g/mol. The minimum absolute atomic E-state index is 0.0939. The van der Waals surface area contributed by atoms with Crippen molar-refractivity contribution in [2.75, 3.05) is 5.32 Å². The first-order valence-corrected chi connectivity index (χ1v) is 13.7. The Morgan fingerprint density at radius 1 is 0.902 bits per heavy atom. The van der Waals surface area contributed by atoms with Gasteiger partial charge in [-0.15, -0.1) is 0 Å². The van der Waals surface area contributed by atoms with Crippen LogP contribution >= 0.6 is 0 Å². The van der Waals surface area contributed by atoms with Gasteiger partial charge in [0.25, 0.3) is 5.91 Å². The molecular formula is C33H35FN2O5. The second-order valence-electron chi connectivity index (χ2n) is 10.4. The Balaban J connectivity index is 1.89. The molecule has 0 aliphatic heterocycles. The molecule has 1 amide bonds. The van der Waals surface area contributed by atoms with Crippen LogP contribution in [0, 0.1) is 5.82 Å². The molecule has 4 N–H and O–H groups in total. The standard InChI is InChI=1S/C33H35FN2O5/c1-21(2)31-30(33(41)35-25-11-7-4-8-12-25)29(22-9-5-3-6-10-22)32(23-13-15-24(34)16-14-23)36(31)18-17-26(37)19-27(38)20-28(39)40/h3-16,21,26-27,37-38H,17-20H2,1-2H3,(H,35,41)(H,39,40)/t26-,27-/m1/s1/i29+2. The Labute approximate surface area is 238 Å². The van der Waals surface area contributed by atoms with E-state index >= 15 is 0 Å². The Morgan fingerprint density at radius 3 is 2.10 bits per heavy atom. The highest BCUT2D eigenvalue weighted by Crippen LogP contribution is 2.42. The lowest BCUT2D eigenvalue weighted by Gasteiger charge is -2.20. The zero-order valence-corrected chi connectivity index (χ0v) is 23.1. The Morgan fingerprint density at radius 2 is 1.51 bits per heavy atom. The van der Waals surface area contributed by atoms with Crippen LogP contribution in [0.3, 0.4) is 0 Å². The molecule has 1 heterocycles. The maximum absolute atomic E-state index is 14.0. The quantitative estimate of drug-likeness (QED) is 0.162. The number of aliphatic carboxylic acids is 1. The number of nitrogens with one attached hydrogen (secondary N) is 1. The van der Waals surface area contributed by atoms with Crippen molar-refractivity contribution in [3.63, 3.8) is 0 Å². The number of carbonyl (C=O) groups excluding carboxylic acids is 1. The molecule has 0 unspecified atom stereocenters. The van der Waals surface area contributed by atoms with Crippen LogP contribution in [0.2, 0.25) is 0 Å². The van der Waals surface area contributed by atoms with Crippen LogP contribution < -0.4 is 5.32 Å². The third kappa shape index (κ3) is 7.28. The van der Waals surface area contributed by atoms with Gasteiger partial charge in [0.05, 0.1) is 29.9 Å². The molecular weight excluding hydrogens is 525 g/mol. The minimum Gasteiger partial charge on any atom is -0.481 e. The van der Waals surface area contributed by atoms with Crippen molar-refractivity contribution in [1.82, 2.24) is 4.57 Å². The third-order valence-electron chi connectivity index (χ3n) is 6.93. The van der Waals surface area contributed by atoms with E-state index < -0.39 is 24.6 Å². The van der Waals surface area contributed by atoms with E-state index in [4.69, 9.17) is 5.11 Å². The van der Waals surface area contributed by atoms with Gasteiger partial charge in [0.2, 0.25) is 0 Å². The smallest absolute Gasteiger partial charge is 0.305 e. The number of hydrogen-bond acceptors (Lipinski definition) is 4. The number of rotatable bonds is 12. The maximum atomic E-state index is 14.0. The number of amides is 1. The average molecular weight is 561 g/mol. The summed E-state index contributed by atoms with van der Waals surface area (Å²) in [6.07, 6.45) is -2.51. The van der Waals surface area contributed by atoms with Crippen molar-refractivity contribution in [3.05, 3.63) is 102 Å². The summed E-state index contributed by atoms with van der Waals surface area (Å²) in [5.74, 6) is -1.93. The number of aliphatic hydroxyl groups excluding tert-OH is 2. The van der Waals surface area contributed by atoms with Crippen molar-refractivity contribution in [2.24, 2.45) is 0 Å². The van der Waals surface area contributed by atoms with Gasteiger partial charge in [-0.25, -0.2) is 4.39 Å². The first-order valence-electron chi connectivity index (χ1n) is 13.7. The fourth-order valence-electron chi connectivity index (χ4n) is 5.20. The van der Waals surface area contributed by atoms with Gasteiger partial charge < -0.3 is 25.2 Å². The molecule has 0 aliphatic rings. The number of aliphatic hydroxyl groups is 2. The highest BCUT2D eigenvalue weighted by atomic mass is 19.1. The summed E-state index contributed by atoms with van der Waals surface area (Å²) in [6, 6.07) is 24.8. The second-order valence-corrected chi connectivity index (χ2v) is 10.4. The highest BCUT2D eigenvalue weighted by Gasteiger charge is 2.31. The molecule has 0 spiro atoms. The van der Waals surface area contributed by atoms with Crippen molar-refractivity contribution >= 4 is 17.6 Å². The lowest BCUT2D eigenvalue weighted by atomic mass is 10.0. The predicted octanol–water partition coefficient (Wildman–Crippen LogP) is 6.31. The topological polar surface area (TPSA) is 112 Å². The van der Waals surface area contributed by atoms with Crippen LogP contribution in [0.4, 0.5) is 10.1 Å². The lowest BCUT2D eigenvalue weighted by molar-refractivity contribution is -0.139. The number of anilines is 1. The van der Waals surface area contributed by atoms with Crippen molar-refractivity contribution in [2.45, 2.75) is 57.8 Å². The number of carbonyl (C=O) groups is 2. The summed E-state index contributed by atoms with van der Waals surface area (Å²) < 4.78 is 16.0. The van der Waals surface area contributed by atoms with Crippen LogP contribution in [0.15, 0.2) is 84.9 Å². The fraction of sp³-hybridized carbons (Fsp3) is 0.273. The molecule has 214 valence electrons. The van der Waals surface area contributed by atoms with Gasteiger partial charge in [-0.3, -0.25) is 9.59 Å². The van der Waals surface area contributed by atoms with E-state index in [1.165, 1.54) is 12.1 Å². The number of para-hydroxylation sites is 1. The van der Waals surface area contributed by atoms with Gasteiger partial charge in [0.15, 0.2) is 0 Å². The highest BCUT2D eigenvalue weighted by molar-refractivity contribution is 6.12. The van der Waals surface area contributed by atoms with Gasteiger partial charge in [-0.2, -0.15) is 0 Å². The summed E-state index contributed by atoms with van der Waals surface area (Å²) in [6.45, 7) is 4.25. The molecule has 2 atom stereocenters. The third-order valence-corrected chi connectivity index (χ3v) is 6.93. The average Bonchev–Trinajstić information content (AvgIpc) is 3.28. The zero-order valence-electron chi connectivity index (χ0n) is 23.1. The van der Waals surface area contributed by atoms with Crippen molar-refractivity contribution in [3.8, 4) is 22.4 Å². The molecule has 7 nitrogen and oxygen atoms in total. The maximum Gasteiger partial charge on any atom is 0.305 e. The van der Waals surface area contributed by atoms with Crippen LogP contribution in [0.5, 0.6) is 0 Å². The summed E-state index contributed by atoms with van der Waals surface area (Å²) in [5.41, 5.74) is 4.77. The number of aromatic nitrogens is 1.